The molecule has 16 heavy (non-hydrogen) atoms. The number of aromatic nitrogens is 2. The number of aliphatic carboxylic acids is 1. The summed E-state index contributed by atoms with van der Waals surface area (Å²) in [5.74, 6) is -1.89. The van der Waals surface area contributed by atoms with E-state index < -0.39 is 24.0 Å². The molecule has 8 heteroatoms. The third kappa shape index (κ3) is 2.74. The number of carboxylic acid groups (broad SMARTS) is 1. The molecule has 0 radical (unpaired) electrons. The lowest BCUT2D eigenvalue weighted by Gasteiger charge is -2.16. The highest BCUT2D eigenvalue weighted by Crippen LogP contribution is 2.09. The number of amides is 1. The molecular formula is C8H11N3O4S. The number of carboxylic acids is 1. The van der Waals surface area contributed by atoms with Gasteiger partial charge in [0.25, 0.3) is 5.91 Å². The van der Waals surface area contributed by atoms with Crippen LogP contribution in [0.2, 0.25) is 0 Å². The molecule has 0 saturated heterocycles. The first-order chi connectivity index (χ1) is 7.43. The number of nitrogens with zero attached hydrogens (tertiary/aromatic N) is 2. The second-order valence-corrected chi connectivity index (χ2v) is 3.97. The van der Waals surface area contributed by atoms with E-state index in [0.29, 0.717) is 5.69 Å². The molecule has 1 amide bonds. The molecule has 3 N–H and O–H groups in total. The first-order valence-electron chi connectivity index (χ1n) is 4.44. The maximum absolute atomic E-state index is 11.6. The highest BCUT2D eigenvalue weighted by Gasteiger charge is 2.26. The van der Waals surface area contributed by atoms with E-state index in [2.05, 4.69) is 14.9 Å². The van der Waals surface area contributed by atoms with Crippen molar-refractivity contribution in [2.75, 3.05) is 0 Å². The Bertz CT molecular complexity index is 404. The van der Waals surface area contributed by atoms with Crippen LogP contribution in [0.4, 0.5) is 0 Å². The van der Waals surface area contributed by atoms with Crippen LogP contribution in [0.15, 0.2) is 0 Å². The van der Waals surface area contributed by atoms with Gasteiger partial charge in [-0.1, -0.05) is 4.49 Å². The number of carbonyl (C=O) groups is 2. The number of nitrogens with one attached hydrogen (secondary N) is 1. The van der Waals surface area contributed by atoms with Gasteiger partial charge in [0.05, 0.1) is 11.8 Å². The van der Waals surface area contributed by atoms with Crippen LogP contribution in [-0.4, -0.2) is 43.8 Å². The Hall–Kier alpha value is -1.54. The van der Waals surface area contributed by atoms with E-state index in [1.807, 2.05) is 0 Å². The van der Waals surface area contributed by atoms with Gasteiger partial charge >= 0.3 is 5.97 Å². The van der Waals surface area contributed by atoms with Gasteiger partial charge < -0.3 is 15.5 Å². The van der Waals surface area contributed by atoms with Gasteiger partial charge in [0, 0.05) is 0 Å². The van der Waals surface area contributed by atoms with Gasteiger partial charge in [-0.2, -0.15) is 0 Å². The van der Waals surface area contributed by atoms with E-state index in [0.717, 1.165) is 11.5 Å². The molecule has 1 aromatic heterocycles. The molecule has 0 aliphatic carbocycles. The Morgan fingerprint density at radius 1 is 1.50 bits per heavy atom. The molecule has 0 spiro atoms. The van der Waals surface area contributed by atoms with Crippen LogP contribution in [0, 0.1) is 6.92 Å². The van der Waals surface area contributed by atoms with Crippen molar-refractivity contribution in [3.05, 3.63) is 10.6 Å². The summed E-state index contributed by atoms with van der Waals surface area (Å²) in [4.78, 5) is 22.6. The third-order valence-corrected chi connectivity index (χ3v) is 2.72. The van der Waals surface area contributed by atoms with Crippen molar-refractivity contribution in [1.29, 1.82) is 0 Å². The van der Waals surface area contributed by atoms with E-state index in [9.17, 15) is 14.7 Å². The first kappa shape index (κ1) is 12.5. The predicted molar refractivity (Wildman–Crippen MR) is 55.2 cm³/mol. The molecule has 88 valence electrons. The molecule has 0 aromatic carbocycles. The molecule has 0 aliphatic rings. The number of aliphatic hydroxyl groups excluding tert-OH is 1. The molecule has 2 atom stereocenters. The minimum Gasteiger partial charge on any atom is -0.480 e. The highest BCUT2D eigenvalue weighted by atomic mass is 32.1. The standard InChI is InChI=1S/C8H11N3O4S/c1-3-6(16-11-10-3)7(13)9-5(4(2)12)8(14)15/h4-5,12H,1-2H3,(H,9,13)(H,14,15). The molecule has 0 saturated carbocycles. The Labute approximate surface area is 95.3 Å². The SMILES string of the molecule is Cc1nnsc1C(=O)NC(C(=O)O)C(C)O. The van der Waals surface area contributed by atoms with Crippen molar-refractivity contribution in [3.8, 4) is 0 Å². The highest BCUT2D eigenvalue weighted by molar-refractivity contribution is 7.08. The molecule has 1 aromatic rings. The Kier molecular flexibility index (Phi) is 3.91. The maximum atomic E-state index is 11.6. The van der Waals surface area contributed by atoms with Gasteiger partial charge in [0.15, 0.2) is 6.04 Å². The largest absolute Gasteiger partial charge is 0.480 e. The van der Waals surface area contributed by atoms with E-state index in [1.165, 1.54) is 6.92 Å². The van der Waals surface area contributed by atoms with Gasteiger partial charge in [-0.3, -0.25) is 4.79 Å². The molecule has 0 aliphatic heterocycles. The number of aliphatic hydroxyl groups is 1. The summed E-state index contributed by atoms with van der Waals surface area (Å²) in [5, 5.41) is 23.8. The minimum atomic E-state index is -1.34. The molecule has 0 bridgehead atoms. The molecule has 1 heterocycles. The maximum Gasteiger partial charge on any atom is 0.328 e. The average molecular weight is 245 g/mol. The predicted octanol–water partition coefficient (Wildman–Crippen LogP) is -0.590. The number of aryl methyl sites for hydroxylation is 1. The van der Waals surface area contributed by atoms with Gasteiger partial charge in [0.2, 0.25) is 0 Å². The van der Waals surface area contributed by atoms with E-state index in [-0.39, 0.29) is 4.88 Å². The Balaban J connectivity index is 2.77. The van der Waals surface area contributed by atoms with Gasteiger partial charge in [-0.15, -0.1) is 5.10 Å². The zero-order valence-electron chi connectivity index (χ0n) is 8.67. The summed E-state index contributed by atoms with van der Waals surface area (Å²) in [5.41, 5.74) is 0.428. The van der Waals surface area contributed by atoms with Crippen LogP contribution in [0.25, 0.3) is 0 Å². The third-order valence-electron chi connectivity index (χ3n) is 1.89. The molecule has 1 rings (SSSR count). The fraction of sp³-hybridized carbons (Fsp3) is 0.500. The fourth-order valence-electron chi connectivity index (χ4n) is 1.04. The first-order valence-corrected chi connectivity index (χ1v) is 5.21. The zero-order chi connectivity index (χ0) is 12.3. The topological polar surface area (TPSA) is 112 Å². The number of hydrogen-bond donors (Lipinski definition) is 3. The van der Waals surface area contributed by atoms with Crippen molar-refractivity contribution in [2.45, 2.75) is 26.0 Å². The van der Waals surface area contributed by atoms with Gasteiger partial charge in [-0.05, 0) is 25.4 Å². The van der Waals surface area contributed by atoms with E-state index in [1.54, 1.807) is 6.92 Å². The van der Waals surface area contributed by atoms with Gasteiger partial charge in [-0.25, -0.2) is 4.79 Å². The van der Waals surface area contributed by atoms with Crippen molar-refractivity contribution >= 4 is 23.4 Å². The number of hydrogen-bond acceptors (Lipinski definition) is 6. The average Bonchev–Trinajstić information content (AvgIpc) is 2.59. The van der Waals surface area contributed by atoms with Gasteiger partial charge in [0.1, 0.15) is 4.88 Å². The van der Waals surface area contributed by atoms with Crippen LogP contribution in [0.3, 0.4) is 0 Å². The fourth-order valence-corrected chi connectivity index (χ4v) is 1.59. The summed E-state index contributed by atoms with van der Waals surface area (Å²) >= 11 is 0.875. The Morgan fingerprint density at radius 2 is 2.12 bits per heavy atom. The summed E-state index contributed by atoms with van der Waals surface area (Å²) in [6.07, 6.45) is -1.18. The van der Waals surface area contributed by atoms with Crippen LogP contribution in [-0.2, 0) is 4.79 Å². The van der Waals surface area contributed by atoms with Crippen LogP contribution >= 0.6 is 11.5 Å². The zero-order valence-corrected chi connectivity index (χ0v) is 9.48. The lowest BCUT2D eigenvalue weighted by molar-refractivity contribution is -0.141. The quantitative estimate of drug-likeness (QED) is 0.653. The molecular weight excluding hydrogens is 234 g/mol. The second-order valence-electron chi connectivity index (χ2n) is 3.22. The summed E-state index contributed by atoms with van der Waals surface area (Å²) in [7, 11) is 0. The van der Waals surface area contributed by atoms with Crippen molar-refractivity contribution in [3.63, 3.8) is 0 Å². The lowest BCUT2D eigenvalue weighted by Crippen LogP contribution is -2.47. The molecule has 2 unspecified atom stereocenters. The lowest BCUT2D eigenvalue weighted by atomic mass is 10.2. The van der Waals surface area contributed by atoms with Crippen molar-refractivity contribution in [1.82, 2.24) is 14.9 Å². The Morgan fingerprint density at radius 3 is 2.50 bits per heavy atom. The summed E-state index contributed by atoms with van der Waals surface area (Å²) in [6.45, 7) is 2.88. The summed E-state index contributed by atoms with van der Waals surface area (Å²) < 4.78 is 3.56. The minimum absolute atomic E-state index is 0.242. The van der Waals surface area contributed by atoms with E-state index >= 15 is 0 Å². The van der Waals surface area contributed by atoms with E-state index in [4.69, 9.17) is 5.11 Å². The van der Waals surface area contributed by atoms with Crippen LogP contribution in [0.1, 0.15) is 22.3 Å². The summed E-state index contributed by atoms with van der Waals surface area (Å²) in [6, 6.07) is -1.34. The number of carbonyl (C=O) groups excluding carboxylic acids is 1. The normalized spacial score (nSPS) is 14.2. The van der Waals surface area contributed by atoms with Crippen molar-refractivity contribution < 1.29 is 19.8 Å². The van der Waals surface area contributed by atoms with Crippen LogP contribution < -0.4 is 5.32 Å². The van der Waals surface area contributed by atoms with Crippen LogP contribution in [0.5, 0.6) is 0 Å². The molecule has 7 nitrogen and oxygen atoms in total. The van der Waals surface area contributed by atoms with Crippen molar-refractivity contribution in [2.24, 2.45) is 0 Å². The monoisotopic (exact) mass is 245 g/mol. The smallest absolute Gasteiger partial charge is 0.328 e. The number of rotatable bonds is 4. The second kappa shape index (κ2) is 4.99. The molecule has 0 fully saturated rings.